The molecule has 0 bridgehead atoms. The van der Waals surface area contributed by atoms with Crippen LogP contribution < -0.4 is 5.32 Å². The van der Waals surface area contributed by atoms with E-state index >= 15 is 0 Å². The lowest BCUT2D eigenvalue weighted by Crippen LogP contribution is -2.33. The zero-order valence-corrected chi connectivity index (χ0v) is 16.1. The van der Waals surface area contributed by atoms with E-state index in [4.69, 9.17) is 4.74 Å². The van der Waals surface area contributed by atoms with Crippen LogP contribution in [0.2, 0.25) is 0 Å². The van der Waals surface area contributed by atoms with Crippen LogP contribution in [-0.2, 0) is 9.53 Å². The van der Waals surface area contributed by atoms with Gasteiger partial charge in [-0.05, 0) is 49.6 Å². The summed E-state index contributed by atoms with van der Waals surface area (Å²) in [6.45, 7) is 7.02. The Balaban J connectivity index is 1.91. The highest BCUT2D eigenvalue weighted by Crippen LogP contribution is 2.46. The number of ketones is 1. The van der Waals surface area contributed by atoms with Crippen molar-refractivity contribution in [3.63, 3.8) is 0 Å². The number of carbonyl (C=O) groups is 2. The van der Waals surface area contributed by atoms with Gasteiger partial charge in [0.1, 0.15) is 11.8 Å². The molecule has 1 saturated heterocycles. The Kier molecular flexibility index (Phi) is 5.30. The summed E-state index contributed by atoms with van der Waals surface area (Å²) in [4.78, 5) is 28.4. The van der Waals surface area contributed by atoms with Crippen LogP contribution in [0.3, 0.4) is 0 Å². The van der Waals surface area contributed by atoms with Crippen LogP contribution in [0.5, 0.6) is 0 Å². The van der Waals surface area contributed by atoms with Crippen molar-refractivity contribution >= 4 is 17.4 Å². The standard InChI is InChI=1S/C21H22F2N2O3/c1-11-18(13-5-6-15(22)16(23)9-13)19(28-21(11,3)4)20(27)25-14-7-8-24-17(10-14)12(2)26/h5-11,18-19H,1-4H3,(H,24,25,27)/t11-,18-,19+/m0/s1. The van der Waals surface area contributed by atoms with Gasteiger partial charge < -0.3 is 10.1 Å². The molecular weight excluding hydrogens is 366 g/mol. The van der Waals surface area contributed by atoms with Gasteiger partial charge in [-0.2, -0.15) is 0 Å². The van der Waals surface area contributed by atoms with Crippen LogP contribution in [-0.4, -0.2) is 28.4 Å². The van der Waals surface area contributed by atoms with Gasteiger partial charge in [-0.1, -0.05) is 13.0 Å². The molecule has 0 unspecified atom stereocenters. The lowest BCUT2D eigenvalue weighted by atomic mass is 9.78. The largest absolute Gasteiger partial charge is 0.362 e. The molecule has 1 aromatic carbocycles. The smallest absolute Gasteiger partial charge is 0.254 e. The number of benzene rings is 1. The number of nitrogens with one attached hydrogen (secondary N) is 1. The number of anilines is 1. The number of halogens is 2. The van der Waals surface area contributed by atoms with Crippen LogP contribution in [0.25, 0.3) is 0 Å². The quantitative estimate of drug-likeness (QED) is 0.801. The second-order valence-electron chi connectivity index (χ2n) is 7.61. The molecule has 2 heterocycles. The lowest BCUT2D eigenvalue weighted by molar-refractivity contribution is -0.131. The van der Waals surface area contributed by atoms with Crippen molar-refractivity contribution in [2.75, 3.05) is 5.32 Å². The number of pyridine rings is 1. The van der Waals surface area contributed by atoms with Crippen molar-refractivity contribution in [2.45, 2.75) is 45.3 Å². The molecule has 5 nitrogen and oxygen atoms in total. The number of hydrogen-bond donors (Lipinski definition) is 1. The monoisotopic (exact) mass is 388 g/mol. The first-order chi connectivity index (χ1) is 13.1. The van der Waals surface area contributed by atoms with Gasteiger partial charge in [-0.25, -0.2) is 8.78 Å². The van der Waals surface area contributed by atoms with Gasteiger partial charge in [0.05, 0.1) is 5.60 Å². The summed E-state index contributed by atoms with van der Waals surface area (Å²) < 4.78 is 33.2. The van der Waals surface area contributed by atoms with Crippen molar-refractivity contribution in [1.29, 1.82) is 0 Å². The Morgan fingerprint density at radius 3 is 2.50 bits per heavy atom. The number of aromatic nitrogens is 1. The van der Waals surface area contributed by atoms with E-state index < -0.39 is 35.2 Å². The van der Waals surface area contributed by atoms with E-state index in [2.05, 4.69) is 10.3 Å². The number of ether oxygens (including phenoxy) is 1. The predicted octanol–water partition coefficient (Wildman–Crippen LogP) is 4.10. The van der Waals surface area contributed by atoms with Gasteiger partial charge in [0.25, 0.3) is 5.91 Å². The summed E-state index contributed by atoms with van der Waals surface area (Å²) in [7, 11) is 0. The van der Waals surface area contributed by atoms with Crippen molar-refractivity contribution in [1.82, 2.24) is 4.98 Å². The zero-order valence-electron chi connectivity index (χ0n) is 16.1. The highest BCUT2D eigenvalue weighted by molar-refractivity contribution is 5.97. The average Bonchev–Trinajstić information content (AvgIpc) is 2.87. The number of Topliss-reactive ketones (excluding diaryl/α,β-unsaturated/α-hetero) is 1. The fraction of sp³-hybridized carbons (Fsp3) is 0.381. The van der Waals surface area contributed by atoms with Gasteiger partial charge >= 0.3 is 0 Å². The first kappa shape index (κ1) is 20.1. The van der Waals surface area contributed by atoms with E-state index in [1.165, 1.54) is 25.3 Å². The normalized spacial score (nSPS) is 23.4. The number of hydrogen-bond acceptors (Lipinski definition) is 4. The van der Waals surface area contributed by atoms with Gasteiger partial charge in [0, 0.05) is 24.7 Å². The van der Waals surface area contributed by atoms with Crippen LogP contribution in [0.1, 0.15) is 49.7 Å². The van der Waals surface area contributed by atoms with Gasteiger partial charge in [0.2, 0.25) is 0 Å². The van der Waals surface area contributed by atoms with E-state index in [1.54, 1.807) is 6.07 Å². The minimum absolute atomic E-state index is 0.127. The summed E-state index contributed by atoms with van der Waals surface area (Å²) in [6, 6.07) is 6.70. The fourth-order valence-electron chi connectivity index (χ4n) is 3.52. The molecule has 0 aliphatic carbocycles. The third-order valence-electron chi connectivity index (χ3n) is 5.37. The second-order valence-corrected chi connectivity index (χ2v) is 7.61. The molecule has 148 valence electrons. The third-order valence-corrected chi connectivity index (χ3v) is 5.37. The molecule has 3 atom stereocenters. The van der Waals surface area contributed by atoms with Crippen LogP contribution in [0.15, 0.2) is 36.5 Å². The number of amides is 1. The highest BCUT2D eigenvalue weighted by atomic mass is 19.2. The Bertz CT molecular complexity index is 930. The minimum atomic E-state index is -0.964. The van der Waals surface area contributed by atoms with E-state index in [0.717, 1.165) is 12.1 Å². The molecule has 1 aromatic heterocycles. The number of nitrogens with zero attached hydrogens (tertiary/aromatic N) is 1. The molecule has 1 aliphatic rings. The lowest BCUT2D eigenvalue weighted by Gasteiger charge is -2.24. The summed E-state index contributed by atoms with van der Waals surface area (Å²) >= 11 is 0. The number of carbonyl (C=O) groups excluding carboxylic acids is 2. The second kappa shape index (κ2) is 7.39. The Morgan fingerprint density at radius 1 is 1.14 bits per heavy atom. The molecular formula is C21H22F2N2O3. The van der Waals surface area contributed by atoms with Crippen LogP contribution in [0, 0.1) is 17.6 Å². The van der Waals surface area contributed by atoms with Crippen LogP contribution >= 0.6 is 0 Å². The van der Waals surface area contributed by atoms with E-state index in [-0.39, 0.29) is 17.4 Å². The van der Waals surface area contributed by atoms with Crippen LogP contribution in [0.4, 0.5) is 14.5 Å². The van der Waals surface area contributed by atoms with Crippen molar-refractivity contribution in [2.24, 2.45) is 5.92 Å². The Hall–Kier alpha value is -2.67. The summed E-state index contributed by atoms with van der Waals surface area (Å²) in [5, 5.41) is 2.74. The molecule has 1 fully saturated rings. The highest BCUT2D eigenvalue weighted by Gasteiger charge is 2.50. The fourth-order valence-corrected chi connectivity index (χ4v) is 3.52. The first-order valence-electron chi connectivity index (χ1n) is 9.01. The van der Waals surface area contributed by atoms with E-state index in [1.807, 2.05) is 20.8 Å². The molecule has 7 heteroatoms. The maximum absolute atomic E-state index is 13.8. The molecule has 0 saturated carbocycles. The van der Waals surface area contributed by atoms with Crippen molar-refractivity contribution < 1.29 is 23.1 Å². The number of rotatable bonds is 4. The van der Waals surface area contributed by atoms with E-state index in [0.29, 0.717) is 11.3 Å². The molecule has 3 rings (SSSR count). The molecule has 1 amide bonds. The SMILES string of the molecule is CC(=O)c1cc(NC(=O)[C@@H]2OC(C)(C)[C@@H](C)[C@H]2c2ccc(F)c(F)c2)ccn1. The van der Waals surface area contributed by atoms with Gasteiger partial charge in [-0.3, -0.25) is 14.6 Å². The summed E-state index contributed by atoms with van der Waals surface area (Å²) in [5.74, 6) is -3.13. The molecule has 2 aromatic rings. The minimum Gasteiger partial charge on any atom is -0.362 e. The third kappa shape index (κ3) is 3.80. The molecule has 28 heavy (non-hydrogen) atoms. The zero-order chi connectivity index (χ0) is 20.6. The van der Waals surface area contributed by atoms with Gasteiger partial charge in [0.15, 0.2) is 17.4 Å². The summed E-state index contributed by atoms with van der Waals surface area (Å²) in [5.41, 5.74) is 0.503. The Morgan fingerprint density at radius 2 is 1.86 bits per heavy atom. The predicted molar refractivity (Wildman–Crippen MR) is 100 cm³/mol. The molecule has 1 aliphatic heterocycles. The molecule has 1 N–H and O–H groups in total. The summed E-state index contributed by atoms with van der Waals surface area (Å²) in [6.07, 6.45) is 0.533. The Labute approximate surface area is 162 Å². The maximum Gasteiger partial charge on any atom is 0.254 e. The van der Waals surface area contributed by atoms with E-state index in [9.17, 15) is 18.4 Å². The van der Waals surface area contributed by atoms with Crippen molar-refractivity contribution in [3.8, 4) is 0 Å². The first-order valence-corrected chi connectivity index (χ1v) is 9.01. The maximum atomic E-state index is 13.8. The van der Waals surface area contributed by atoms with Crippen molar-refractivity contribution in [3.05, 3.63) is 59.4 Å². The molecule has 0 spiro atoms. The topological polar surface area (TPSA) is 68.3 Å². The molecule has 0 radical (unpaired) electrons. The average molecular weight is 388 g/mol. The van der Waals surface area contributed by atoms with Gasteiger partial charge in [-0.15, -0.1) is 0 Å².